The minimum absolute atomic E-state index is 0.118. The zero-order chi connectivity index (χ0) is 23.7. The molecule has 1 N–H and O–H groups in total. The lowest BCUT2D eigenvalue weighted by atomic mass is 10.0. The van der Waals surface area contributed by atoms with Crippen molar-refractivity contribution in [2.24, 2.45) is 0 Å². The second kappa shape index (κ2) is 9.19. The molecule has 2 aromatic carbocycles. The second-order valence-corrected chi connectivity index (χ2v) is 8.77. The molecule has 34 heavy (non-hydrogen) atoms. The number of methoxy groups -OCH3 is 1. The summed E-state index contributed by atoms with van der Waals surface area (Å²) >= 11 is 5.89. The first kappa shape index (κ1) is 22.0. The topological polar surface area (TPSA) is 45.6 Å². The number of pyridine rings is 1. The quantitative estimate of drug-likeness (QED) is 0.395. The number of nitrogens with zero attached hydrogens (tertiary/aromatic N) is 4. The number of aromatic nitrogens is 2. The van der Waals surface area contributed by atoms with E-state index in [9.17, 15) is 0 Å². The molecule has 1 saturated heterocycles. The highest BCUT2D eigenvalue weighted by atomic mass is 32.1. The first-order valence-electron chi connectivity index (χ1n) is 11.2. The van der Waals surface area contributed by atoms with Crippen LogP contribution in [0.25, 0.3) is 5.69 Å². The first-order chi connectivity index (χ1) is 16.6. The van der Waals surface area contributed by atoms with Crippen molar-refractivity contribution in [3.8, 4) is 11.4 Å². The molecule has 0 bridgehead atoms. The second-order valence-electron chi connectivity index (χ2n) is 8.38. The number of anilines is 2. The maximum Gasteiger partial charge on any atom is 0.174 e. The summed E-state index contributed by atoms with van der Waals surface area (Å²) in [7, 11) is 5.78. The van der Waals surface area contributed by atoms with Gasteiger partial charge in [0.2, 0.25) is 0 Å². The number of ether oxygens (including phenoxy) is 1. The molecular weight excluding hydrogens is 442 g/mol. The fraction of sp³-hybridized carbons (Fsp3) is 0.185. The summed E-state index contributed by atoms with van der Waals surface area (Å²) in [6, 6.07) is 26.5. The van der Waals surface area contributed by atoms with Gasteiger partial charge < -0.3 is 24.4 Å². The van der Waals surface area contributed by atoms with Crippen LogP contribution >= 0.6 is 12.2 Å². The van der Waals surface area contributed by atoms with Crippen LogP contribution < -0.4 is 19.9 Å². The lowest BCUT2D eigenvalue weighted by molar-refractivity contribution is 0.412. The molecule has 3 heterocycles. The van der Waals surface area contributed by atoms with Gasteiger partial charge in [-0.15, -0.1) is 0 Å². The monoisotopic (exact) mass is 469 g/mol. The SMILES string of the molecule is COc1ccccc1-n1cccc1[C@@H]1[C@@H](c2ccccn2)NC(=S)N1c1ccc(N(C)C)cc1. The molecule has 7 heteroatoms. The van der Waals surface area contributed by atoms with Gasteiger partial charge in [0.1, 0.15) is 11.8 Å². The summed E-state index contributed by atoms with van der Waals surface area (Å²) in [6.45, 7) is 0. The fourth-order valence-corrected chi connectivity index (χ4v) is 4.87. The molecule has 1 fully saturated rings. The number of hydrogen-bond donors (Lipinski definition) is 1. The molecule has 1 aliphatic rings. The maximum atomic E-state index is 5.89. The number of benzene rings is 2. The third-order valence-corrected chi connectivity index (χ3v) is 6.48. The van der Waals surface area contributed by atoms with E-state index in [2.05, 4.69) is 73.3 Å². The average molecular weight is 470 g/mol. The number of hydrogen-bond acceptors (Lipinski definition) is 4. The molecule has 0 saturated carbocycles. The molecule has 172 valence electrons. The molecule has 0 radical (unpaired) electrons. The zero-order valence-electron chi connectivity index (χ0n) is 19.4. The summed E-state index contributed by atoms with van der Waals surface area (Å²) in [6.07, 6.45) is 3.89. The summed E-state index contributed by atoms with van der Waals surface area (Å²) in [5.41, 5.74) is 5.17. The predicted octanol–water partition coefficient (Wildman–Crippen LogP) is 5.12. The number of rotatable bonds is 6. The van der Waals surface area contributed by atoms with Gasteiger partial charge in [-0.25, -0.2) is 0 Å². The van der Waals surface area contributed by atoms with Crippen molar-refractivity contribution in [1.82, 2.24) is 14.9 Å². The van der Waals surface area contributed by atoms with Gasteiger partial charge in [0.05, 0.1) is 24.5 Å². The van der Waals surface area contributed by atoms with Gasteiger partial charge in [0, 0.05) is 43.6 Å². The van der Waals surface area contributed by atoms with Gasteiger partial charge in [-0.2, -0.15) is 0 Å². The number of nitrogens with one attached hydrogen (secondary N) is 1. The average Bonchev–Trinajstić information content (AvgIpc) is 3.48. The third-order valence-electron chi connectivity index (χ3n) is 6.17. The Balaban J connectivity index is 1.66. The Bertz CT molecular complexity index is 1290. The molecule has 0 amide bonds. The molecule has 5 rings (SSSR count). The third kappa shape index (κ3) is 3.88. The zero-order valence-corrected chi connectivity index (χ0v) is 20.2. The molecule has 1 aliphatic heterocycles. The van der Waals surface area contributed by atoms with Crippen LogP contribution in [-0.4, -0.2) is 35.9 Å². The fourth-order valence-electron chi connectivity index (χ4n) is 4.53. The summed E-state index contributed by atoms with van der Waals surface area (Å²) < 4.78 is 7.85. The highest BCUT2D eigenvalue weighted by Crippen LogP contribution is 2.43. The van der Waals surface area contributed by atoms with Crippen LogP contribution in [0.5, 0.6) is 5.75 Å². The Morgan fingerprint density at radius 2 is 1.71 bits per heavy atom. The lowest BCUT2D eigenvalue weighted by Gasteiger charge is -2.29. The smallest absolute Gasteiger partial charge is 0.174 e. The van der Waals surface area contributed by atoms with Crippen molar-refractivity contribution in [2.75, 3.05) is 31.0 Å². The minimum Gasteiger partial charge on any atom is -0.495 e. The van der Waals surface area contributed by atoms with Crippen molar-refractivity contribution in [3.05, 3.63) is 103 Å². The Hall–Kier alpha value is -3.84. The van der Waals surface area contributed by atoms with Crippen LogP contribution in [0.1, 0.15) is 23.5 Å². The van der Waals surface area contributed by atoms with E-state index in [1.165, 1.54) is 0 Å². The number of thiocarbonyl (C=S) groups is 1. The largest absolute Gasteiger partial charge is 0.495 e. The molecule has 4 aromatic rings. The molecule has 0 unspecified atom stereocenters. The van der Waals surface area contributed by atoms with E-state index in [0.717, 1.165) is 34.2 Å². The Kier molecular flexibility index (Phi) is 5.94. The normalized spacial score (nSPS) is 17.5. The van der Waals surface area contributed by atoms with E-state index in [1.807, 2.05) is 56.7 Å². The standard InChI is InChI=1S/C27H27N5OS/c1-30(2)19-13-15-20(16-14-19)32-26(25(29-27(32)34)21-9-6-7-17-28-21)23-11-8-18-31(23)22-10-4-5-12-24(22)33-3/h4-18,25-26H,1-3H3,(H,29,34)/t25-,26-/m1/s1. The molecule has 0 spiro atoms. The van der Waals surface area contributed by atoms with Gasteiger partial charge in [0.15, 0.2) is 5.11 Å². The van der Waals surface area contributed by atoms with Crippen molar-refractivity contribution >= 4 is 28.7 Å². The maximum absolute atomic E-state index is 5.89. The van der Waals surface area contributed by atoms with Gasteiger partial charge in [-0.1, -0.05) is 18.2 Å². The van der Waals surface area contributed by atoms with Crippen molar-refractivity contribution < 1.29 is 4.74 Å². The van der Waals surface area contributed by atoms with Gasteiger partial charge in [0.25, 0.3) is 0 Å². The Morgan fingerprint density at radius 3 is 2.41 bits per heavy atom. The van der Waals surface area contributed by atoms with Crippen molar-refractivity contribution in [1.29, 1.82) is 0 Å². The molecule has 6 nitrogen and oxygen atoms in total. The summed E-state index contributed by atoms with van der Waals surface area (Å²) in [5, 5.41) is 4.21. The van der Waals surface area contributed by atoms with Gasteiger partial charge >= 0.3 is 0 Å². The van der Waals surface area contributed by atoms with E-state index in [-0.39, 0.29) is 12.1 Å². The van der Waals surface area contributed by atoms with Crippen LogP contribution in [0, 0.1) is 0 Å². The minimum atomic E-state index is -0.120. The van der Waals surface area contributed by atoms with E-state index < -0.39 is 0 Å². The highest BCUT2D eigenvalue weighted by Gasteiger charge is 2.42. The van der Waals surface area contributed by atoms with Crippen LogP contribution in [0.4, 0.5) is 11.4 Å². The molecule has 0 aliphatic carbocycles. The van der Waals surface area contributed by atoms with Crippen LogP contribution in [0.2, 0.25) is 0 Å². The van der Waals surface area contributed by atoms with Gasteiger partial charge in [-0.3, -0.25) is 4.98 Å². The van der Waals surface area contributed by atoms with Crippen LogP contribution in [-0.2, 0) is 0 Å². The van der Waals surface area contributed by atoms with Crippen molar-refractivity contribution in [2.45, 2.75) is 12.1 Å². The van der Waals surface area contributed by atoms with Crippen LogP contribution in [0.15, 0.2) is 91.3 Å². The summed E-state index contributed by atoms with van der Waals surface area (Å²) in [4.78, 5) is 8.95. The Labute approximate surface area is 205 Å². The van der Waals surface area contributed by atoms with E-state index in [4.69, 9.17) is 17.0 Å². The molecule has 2 atom stereocenters. The van der Waals surface area contributed by atoms with Gasteiger partial charge in [-0.05, 0) is 72.9 Å². The van der Waals surface area contributed by atoms with E-state index in [0.29, 0.717) is 5.11 Å². The lowest BCUT2D eigenvalue weighted by Crippen LogP contribution is -2.30. The highest BCUT2D eigenvalue weighted by molar-refractivity contribution is 7.80. The van der Waals surface area contributed by atoms with Crippen LogP contribution in [0.3, 0.4) is 0 Å². The van der Waals surface area contributed by atoms with E-state index in [1.54, 1.807) is 7.11 Å². The molecular formula is C27H27N5OS. The summed E-state index contributed by atoms with van der Waals surface area (Å²) in [5.74, 6) is 0.810. The first-order valence-corrected chi connectivity index (χ1v) is 11.6. The Morgan fingerprint density at radius 1 is 0.941 bits per heavy atom. The number of para-hydroxylation sites is 2. The van der Waals surface area contributed by atoms with E-state index >= 15 is 0 Å². The molecule has 2 aromatic heterocycles. The van der Waals surface area contributed by atoms with Crippen molar-refractivity contribution in [3.63, 3.8) is 0 Å². The predicted molar refractivity (Wildman–Crippen MR) is 141 cm³/mol.